The van der Waals surface area contributed by atoms with Gasteiger partial charge < -0.3 is 14.2 Å². The number of nitrogens with zero attached hydrogens (tertiary/aromatic N) is 1. The van der Waals surface area contributed by atoms with E-state index in [9.17, 15) is 14.0 Å². The van der Waals surface area contributed by atoms with Gasteiger partial charge >= 0.3 is 0 Å². The van der Waals surface area contributed by atoms with Gasteiger partial charge in [-0.1, -0.05) is 29.8 Å². The Morgan fingerprint density at radius 2 is 1.87 bits per heavy atom. The molecule has 0 unspecified atom stereocenters. The van der Waals surface area contributed by atoms with Gasteiger partial charge in [-0.3, -0.25) is 14.5 Å². The third kappa shape index (κ3) is 6.81. The molecule has 1 heterocycles. The summed E-state index contributed by atoms with van der Waals surface area (Å²) in [6.07, 6.45) is 1.65. The smallest absolute Gasteiger partial charge is 0.293 e. The summed E-state index contributed by atoms with van der Waals surface area (Å²) >= 11 is 9.10. The van der Waals surface area contributed by atoms with E-state index in [4.69, 9.17) is 25.8 Å². The molecule has 3 aromatic carbocycles. The molecule has 6 nitrogen and oxygen atoms in total. The Balaban J connectivity index is 1.48. The average molecular weight is 668 g/mol. The first-order chi connectivity index (χ1) is 18.3. The first-order valence-electron chi connectivity index (χ1n) is 11.7. The molecule has 3 aromatic rings. The highest BCUT2D eigenvalue weighted by molar-refractivity contribution is 14.1. The maximum atomic E-state index is 14.2. The number of thioether (sulfide) groups is 1. The Labute approximate surface area is 243 Å². The van der Waals surface area contributed by atoms with Crippen LogP contribution in [0, 0.1) is 16.3 Å². The second kappa shape index (κ2) is 12.9. The van der Waals surface area contributed by atoms with Crippen molar-refractivity contribution in [1.82, 2.24) is 4.90 Å². The van der Waals surface area contributed by atoms with E-state index in [1.165, 1.54) is 17.0 Å². The van der Waals surface area contributed by atoms with E-state index in [1.54, 1.807) is 24.3 Å². The molecule has 0 atom stereocenters. The fourth-order valence-electron chi connectivity index (χ4n) is 3.69. The van der Waals surface area contributed by atoms with Crippen molar-refractivity contribution in [2.45, 2.75) is 20.5 Å². The lowest BCUT2D eigenvalue weighted by atomic mass is 10.1. The molecular formula is C28H24ClFINO5S. The third-order valence-corrected chi connectivity index (χ3v) is 7.56. The molecule has 4 rings (SSSR count). The molecule has 38 heavy (non-hydrogen) atoms. The van der Waals surface area contributed by atoms with Gasteiger partial charge in [0.2, 0.25) is 0 Å². The van der Waals surface area contributed by atoms with Crippen molar-refractivity contribution >= 4 is 63.2 Å². The van der Waals surface area contributed by atoms with Crippen molar-refractivity contribution in [3.63, 3.8) is 0 Å². The van der Waals surface area contributed by atoms with Crippen LogP contribution in [0.3, 0.4) is 0 Å². The summed E-state index contributed by atoms with van der Waals surface area (Å²) in [4.78, 5) is 27.0. The van der Waals surface area contributed by atoms with Crippen molar-refractivity contribution in [3.8, 4) is 17.2 Å². The van der Waals surface area contributed by atoms with E-state index in [-0.39, 0.29) is 41.5 Å². The fraction of sp³-hybridized carbons (Fsp3) is 0.214. The molecule has 0 aromatic heterocycles. The monoisotopic (exact) mass is 667 g/mol. The van der Waals surface area contributed by atoms with Gasteiger partial charge in [-0.25, -0.2) is 4.39 Å². The number of halogens is 3. The Morgan fingerprint density at radius 1 is 1.08 bits per heavy atom. The van der Waals surface area contributed by atoms with Crippen LogP contribution < -0.4 is 14.2 Å². The molecule has 0 radical (unpaired) electrons. The topological polar surface area (TPSA) is 65.1 Å². The van der Waals surface area contributed by atoms with Crippen molar-refractivity contribution in [2.75, 3.05) is 19.8 Å². The quantitative estimate of drug-likeness (QED) is 0.165. The van der Waals surface area contributed by atoms with Gasteiger partial charge in [-0.15, -0.1) is 0 Å². The zero-order valence-electron chi connectivity index (χ0n) is 20.6. The molecule has 1 aliphatic rings. The average Bonchev–Trinajstić information content (AvgIpc) is 3.12. The lowest BCUT2D eigenvalue weighted by molar-refractivity contribution is -0.123. The van der Waals surface area contributed by atoms with Crippen LogP contribution in [0.5, 0.6) is 17.2 Å². The highest BCUT2D eigenvalue weighted by Crippen LogP contribution is 2.38. The largest absolute Gasteiger partial charge is 0.492 e. The van der Waals surface area contributed by atoms with Crippen LogP contribution in [0.4, 0.5) is 9.18 Å². The highest BCUT2D eigenvalue weighted by Gasteiger charge is 2.35. The second-order valence-corrected chi connectivity index (χ2v) is 10.8. The zero-order valence-corrected chi connectivity index (χ0v) is 24.4. The molecule has 0 aliphatic carbocycles. The molecule has 0 N–H and O–H groups in total. The summed E-state index contributed by atoms with van der Waals surface area (Å²) in [7, 11) is 0. The third-order valence-electron chi connectivity index (χ3n) is 5.50. The summed E-state index contributed by atoms with van der Waals surface area (Å²) in [5.41, 5.74) is 1.97. The van der Waals surface area contributed by atoms with E-state index in [0.717, 1.165) is 17.3 Å². The summed E-state index contributed by atoms with van der Waals surface area (Å²) in [5.74, 6) is 0.719. The lowest BCUT2D eigenvalue weighted by Crippen LogP contribution is -2.32. The summed E-state index contributed by atoms with van der Waals surface area (Å²) in [5, 5.41) is -0.0786. The van der Waals surface area contributed by atoms with Crippen LogP contribution in [-0.4, -0.2) is 35.8 Å². The van der Waals surface area contributed by atoms with E-state index >= 15 is 0 Å². The van der Waals surface area contributed by atoms with Gasteiger partial charge in [0.25, 0.3) is 11.1 Å². The number of carbonyl (C=O) groups excluding carboxylic acids is 2. The van der Waals surface area contributed by atoms with Crippen LogP contribution in [0.1, 0.15) is 23.6 Å². The van der Waals surface area contributed by atoms with Gasteiger partial charge in [0.15, 0.2) is 11.5 Å². The van der Waals surface area contributed by atoms with Crippen molar-refractivity contribution in [2.24, 2.45) is 0 Å². The molecule has 2 amide bonds. The normalized spacial score (nSPS) is 14.3. The standard InChI is InChI=1S/C28H24ClFINO5S/c1-3-35-24-14-18(13-23(31)26(24)37-16-20-21(29)8-5-9-22(20)30)15-25-27(33)32(28(34)38-25)10-11-36-19-7-4-6-17(2)12-19/h4-9,12-15H,3,10-11,16H2,1-2H3/b25-15-. The molecule has 0 saturated carbocycles. The van der Waals surface area contributed by atoms with Gasteiger partial charge in [-0.05, 0) is 102 Å². The maximum absolute atomic E-state index is 14.2. The van der Waals surface area contributed by atoms with Gasteiger partial charge in [0.05, 0.1) is 26.6 Å². The maximum Gasteiger partial charge on any atom is 0.293 e. The first kappa shape index (κ1) is 28.3. The number of amides is 2. The highest BCUT2D eigenvalue weighted by atomic mass is 127. The molecule has 198 valence electrons. The number of aryl methyl sites for hydroxylation is 1. The predicted octanol–water partition coefficient (Wildman–Crippen LogP) is 7.49. The van der Waals surface area contributed by atoms with E-state index < -0.39 is 5.82 Å². The number of benzene rings is 3. The van der Waals surface area contributed by atoms with Crippen LogP contribution in [0.15, 0.2) is 59.5 Å². The number of carbonyl (C=O) groups is 2. The minimum atomic E-state index is -0.456. The number of imide groups is 1. The summed E-state index contributed by atoms with van der Waals surface area (Å²) in [6.45, 7) is 4.42. The Hall–Kier alpha value is -2.76. The molecule has 1 fully saturated rings. The molecule has 1 saturated heterocycles. The Morgan fingerprint density at radius 3 is 2.61 bits per heavy atom. The van der Waals surface area contributed by atoms with Gasteiger partial charge in [0.1, 0.15) is 24.8 Å². The van der Waals surface area contributed by atoms with Crippen LogP contribution in [-0.2, 0) is 11.4 Å². The number of hydrogen-bond acceptors (Lipinski definition) is 6. The lowest BCUT2D eigenvalue weighted by Gasteiger charge is -2.16. The molecular weight excluding hydrogens is 644 g/mol. The number of hydrogen-bond donors (Lipinski definition) is 0. The Kier molecular flexibility index (Phi) is 9.56. The molecule has 0 spiro atoms. The van der Waals surface area contributed by atoms with E-state index in [0.29, 0.717) is 37.9 Å². The molecule has 10 heteroatoms. The van der Waals surface area contributed by atoms with Gasteiger partial charge in [-0.2, -0.15) is 0 Å². The number of ether oxygens (including phenoxy) is 3. The van der Waals surface area contributed by atoms with Crippen molar-refractivity contribution in [3.05, 3.63) is 90.6 Å². The van der Waals surface area contributed by atoms with Crippen molar-refractivity contribution < 1.29 is 28.2 Å². The van der Waals surface area contributed by atoms with Crippen LogP contribution in [0.2, 0.25) is 5.02 Å². The van der Waals surface area contributed by atoms with Crippen LogP contribution >= 0.6 is 46.0 Å². The van der Waals surface area contributed by atoms with E-state index in [2.05, 4.69) is 22.6 Å². The van der Waals surface area contributed by atoms with Crippen LogP contribution in [0.25, 0.3) is 6.08 Å². The van der Waals surface area contributed by atoms with Gasteiger partial charge in [0, 0.05) is 5.56 Å². The fourth-order valence-corrected chi connectivity index (χ4v) is 5.56. The molecule has 1 aliphatic heterocycles. The van der Waals surface area contributed by atoms with E-state index in [1.807, 2.05) is 38.1 Å². The molecule has 0 bridgehead atoms. The first-order valence-corrected chi connectivity index (χ1v) is 14.0. The summed E-state index contributed by atoms with van der Waals surface area (Å²) < 4.78 is 32.3. The second-order valence-electron chi connectivity index (χ2n) is 8.25. The SMILES string of the molecule is CCOc1cc(/C=C2\SC(=O)N(CCOc3cccc(C)c3)C2=O)cc(I)c1OCc1c(F)cccc1Cl. The Bertz CT molecular complexity index is 1380. The van der Waals surface area contributed by atoms with Crippen molar-refractivity contribution in [1.29, 1.82) is 0 Å². The number of rotatable bonds is 10. The minimum absolute atomic E-state index is 0.0789. The minimum Gasteiger partial charge on any atom is -0.492 e. The predicted molar refractivity (Wildman–Crippen MR) is 155 cm³/mol. The zero-order chi connectivity index (χ0) is 27.2. The summed E-state index contributed by atoms with van der Waals surface area (Å²) in [6, 6.07) is 15.5.